The van der Waals surface area contributed by atoms with Crippen molar-refractivity contribution in [2.75, 3.05) is 13.1 Å². The molecule has 2 heterocycles. The van der Waals surface area contributed by atoms with Crippen LogP contribution >= 0.6 is 23.2 Å². The fourth-order valence-corrected chi connectivity index (χ4v) is 3.49. The van der Waals surface area contributed by atoms with E-state index in [1.54, 1.807) is 0 Å². The molecule has 0 bridgehead atoms. The SMILES string of the molecule is CCCC1CNCCC1CC(=O)c1[nH]c(C)c(Cl)c1Cl. The summed E-state index contributed by atoms with van der Waals surface area (Å²) in [7, 11) is 0. The molecule has 1 aliphatic heterocycles. The minimum Gasteiger partial charge on any atom is -0.354 e. The average Bonchev–Trinajstić information content (AvgIpc) is 2.69. The van der Waals surface area contributed by atoms with Crippen molar-refractivity contribution in [3.05, 3.63) is 21.4 Å². The number of carbonyl (C=O) groups excluding carboxylic acids is 1. The largest absolute Gasteiger partial charge is 0.354 e. The van der Waals surface area contributed by atoms with Crippen LogP contribution < -0.4 is 5.32 Å². The Morgan fingerprint density at radius 1 is 1.30 bits per heavy atom. The van der Waals surface area contributed by atoms with Crippen LogP contribution in [0.25, 0.3) is 0 Å². The van der Waals surface area contributed by atoms with Crippen molar-refractivity contribution in [1.82, 2.24) is 10.3 Å². The molecule has 0 amide bonds. The summed E-state index contributed by atoms with van der Waals surface area (Å²) < 4.78 is 0. The molecule has 20 heavy (non-hydrogen) atoms. The maximum Gasteiger partial charge on any atom is 0.180 e. The van der Waals surface area contributed by atoms with E-state index >= 15 is 0 Å². The lowest BCUT2D eigenvalue weighted by atomic mass is 9.80. The summed E-state index contributed by atoms with van der Waals surface area (Å²) in [4.78, 5) is 15.5. The Labute approximate surface area is 130 Å². The molecule has 5 heteroatoms. The number of hydrogen-bond donors (Lipinski definition) is 2. The molecule has 0 aromatic carbocycles. The Bertz CT molecular complexity index is 482. The first-order chi connectivity index (χ1) is 9.54. The standard InChI is InChI=1S/C15H22Cl2N2O/c1-3-4-11-8-18-6-5-10(11)7-12(20)15-14(17)13(16)9(2)19-15/h10-11,18-19H,3-8H2,1-2H3. The zero-order valence-electron chi connectivity index (χ0n) is 12.1. The van der Waals surface area contributed by atoms with Gasteiger partial charge in [0.15, 0.2) is 5.78 Å². The fourth-order valence-electron chi connectivity index (χ4n) is 3.06. The van der Waals surface area contributed by atoms with Gasteiger partial charge >= 0.3 is 0 Å². The van der Waals surface area contributed by atoms with Crippen LogP contribution in [0.3, 0.4) is 0 Å². The highest BCUT2D eigenvalue weighted by atomic mass is 35.5. The molecule has 112 valence electrons. The summed E-state index contributed by atoms with van der Waals surface area (Å²) in [5.74, 6) is 1.11. The number of piperidine rings is 1. The van der Waals surface area contributed by atoms with Crippen LogP contribution in [-0.4, -0.2) is 23.9 Å². The molecule has 0 radical (unpaired) electrons. The second kappa shape index (κ2) is 6.97. The molecule has 2 rings (SSSR count). The van der Waals surface area contributed by atoms with Gasteiger partial charge in [-0.1, -0.05) is 36.5 Å². The topological polar surface area (TPSA) is 44.9 Å². The van der Waals surface area contributed by atoms with Crippen LogP contribution in [0.15, 0.2) is 0 Å². The van der Waals surface area contributed by atoms with Crippen LogP contribution in [-0.2, 0) is 0 Å². The van der Waals surface area contributed by atoms with E-state index in [0.29, 0.717) is 34.0 Å². The van der Waals surface area contributed by atoms with Crippen LogP contribution in [0.1, 0.15) is 48.8 Å². The van der Waals surface area contributed by atoms with Gasteiger partial charge in [-0.15, -0.1) is 0 Å². The Kier molecular flexibility index (Phi) is 5.53. The Balaban J connectivity index is 2.07. The molecule has 2 N–H and O–H groups in total. The average molecular weight is 317 g/mol. The quantitative estimate of drug-likeness (QED) is 0.798. The van der Waals surface area contributed by atoms with Gasteiger partial charge in [0.25, 0.3) is 0 Å². The van der Waals surface area contributed by atoms with E-state index in [4.69, 9.17) is 23.2 Å². The van der Waals surface area contributed by atoms with Gasteiger partial charge < -0.3 is 10.3 Å². The van der Waals surface area contributed by atoms with Crippen LogP contribution in [0, 0.1) is 18.8 Å². The summed E-state index contributed by atoms with van der Waals surface area (Å²) >= 11 is 12.2. The van der Waals surface area contributed by atoms with Crippen molar-refractivity contribution in [2.24, 2.45) is 11.8 Å². The van der Waals surface area contributed by atoms with Crippen LogP contribution in [0.5, 0.6) is 0 Å². The van der Waals surface area contributed by atoms with Crippen molar-refractivity contribution < 1.29 is 4.79 Å². The molecular formula is C15H22Cl2N2O. The zero-order chi connectivity index (χ0) is 14.7. The second-order valence-electron chi connectivity index (χ2n) is 5.68. The highest BCUT2D eigenvalue weighted by molar-refractivity contribution is 6.44. The lowest BCUT2D eigenvalue weighted by Crippen LogP contribution is -2.37. The Morgan fingerprint density at radius 2 is 2.05 bits per heavy atom. The lowest BCUT2D eigenvalue weighted by molar-refractivity contribution is 0.0919. The van der Waals surface area contributed by atoms with Gasteiger partial charge in [0.05, 0.1) is 10.0 Å². The van der Waals surface area contributed by atoms with Gasteiger partial charge in [-0.25, -0.2) is 0 Å². The lowest BCUT2D eigenvalue weighted by Gasteiger charge is -2.31. The predicted octanol–water partition coefficient (Wildman–Crippen LogP) is 4.23. The van der Waals surface area contributed by atoms with E-state index in [9.17, 15) is 4.79 Å². The maximum absolute atomic E-state index is 12.5. The Morgan fingerprint density at radius 3 is 2.65 bits per heavy atom. The summed E-state index contributed by atoms with van der Waals surface area (Å²) in [6.07, 6.45) is 3.94. The number of hydrogen-bond acceptors (Lipinski definition) is 2. The third-order valence-corrected chi connectivity index (χ3v) is 5.15. The number of aryl methyl sites for hydroxylation is 1. The number of aromatic nitrogens is 1. The first-order valence-corrected chi connectivity index (χ1v) is 8.07. The van der Waals surface area contributed by atoms with Crippen LogP contribution in [0.4, 0.5) is 0 Å². The Hall–Kier alpha value is -0.510. The summed E-state index contributed by atoms with van der Waals surface area (Å²) in [5, 5.41) is 4.25. The molecule has 0 aliphatic carbocycles. The zero-order valence-corrected chi connectivity index (χ0v) is 13.6. The molecule has 0 saturated carbocycles. The smallest absolute Gasteiger partial charge is 0.180 e. The molecular weight excluding hydrogens is 295 g/mol. The van der Waals surface area contributed by atoms with Crippen molar-refractivity contribution >= 4 is 29.0 Å². The predicted molar refractivity (Wildman–Crippen MR) is 83.9 cm³/mol. The van der Waals surface area contributed by atoms with E-state index in [0.717, 1.165) is 31.6 Å². The monoisotopic (exact) mass is 316 g/mol. The van der Waals surface area contributed by atoms with E-state index in [1.807, 2.05) is 6.92 Å². The van der Waals surface area contributed by atoms with E-state index in [-0.39, 0.29) is 5.78 Å². The maximum atomic E-state index is 12.5. The number of Topliss-reactive ketones (excluding diaryl/α,β-unsaturated/α-hetero) is 1. The highest BCUT2D eigenvalue weighted by Gasteiger charge is 2.28. The fraction of sp³-hybridized carbons (Fsp3) is 0.667. The summed E-state index contributed by atoms with van der Waals surface area (Å²) in [6, 6.07) is 0. The summed E-state index contributed by atoms with van der Waals surface area (Å²) in [5.41, 5.74) is 1.23. The minimum atomic E-state index is 0.0815. The molecule has 2 unspecified atom stereocenters. The van der Waals surface area contributed by atoms with Crippen molar-refractivity contribution in [3.8, 4) is 0 Å². The normalized spacial score (nSPS) is 23.0. The minimum absolute atomic E-state index is 0.0815. The first kappa shape index (κ1) is 15.9. The number of halogens is 2. The second-order valence-corrected chi connectivity index (χ2v) is 6.44. The van der Waals surface area contributed by atoms with Gasteiger partial charge in [0.1, 0.15) is 5.69 Å². The number of ketones is 1. The molecule has 1 aliphatic rings. The third-order valence-electron chi connectivity index (χ3n) is 4.20. The first-order valence-electron chi connectivity index (χ1n) is 7.32. The molecule has 1 fully saturated rings. The highest BCUT2D eigenvalue weighted by Crippen LogP contribution is 2.33. The van der Waals surface area contributed by atoms with E-state index in [2.05, 4.69) is 17.2 Å². The van der Waals surface area contributed by atoms with E-state index in [1.165, 1.54) is 6.42 Å². The van der Waals surface area contributed by atoms with Crippen molar-refractivity contribution in [3.63, 3.8) is 0 Å². The van der Waals surface area contributed by atoms with Crippen molar-refractivity contribution in [1.29, 1.82) is 0 Å². The number of H-pyrrole nitrogens is 1. The molecule has 1 aromatic heterocycles. The van der Waals surface area contributed by atoms with E-state index < -0.39 is 0 Å². The molecule has 1 aromatic rings. The summed E-state index contributed by atoms with van der Waals surface area (Å²) in [6.45, 7) is 6.04. The van der Waals surface area contributed by atoms with Gasteiger partial charge in [-0.2, -0.15) is 0 Å². The molecule has 0 spiro atoms. The number of carbonyl (C=O) groups is 1. The van der Waals surface area contributed by atoms with Gasteiger partial charge in [-0.05, 0) is 44.7 Å². The number of nitrogens with one attached hydrogen (secondary N) is 2. The number of aromatic amines is 1. The van der Waals surface area contributed by atoms with Gasteiger partial charge in [-0.3, -0.25) is 4.79 Å². The number of rotatable bonds is 5. The molecule has 1 saturated heterocycles. The van der Waals surface area contributed by atoms with Gasteiger partial charge in [0.2, 0.25) is 0 Å². The van der Waals surface area contributed by atoms with Crippen LogP contribution in [0.2, 0.25) is 10.0 Å². The van der Waals surface area contributed by atoms with Gasteiger partial charge in [0, 0.05) is 12.1 Å². The molecule has 2 atom stereocenters. The third kappa shape index (κ3) is 3.38. The molecule has 3 nitrogen and oxygen atoms in total. The van der Waals surface area contributed by atoms with Crippen molar-refractivity contribution in [2.45, 2.75) is 39.5 Å².